The number of halogens is 2. The van der Waals surface area contributed by atoms with Crippen molar-refractivity contribution in [3.8, 4) is 11.5 Å². The molecule has 0 radical (unpaired) electrons. The van der Waals surface area contributed by atoms with Crippen molar-refractivity contribution in [2.45, 2.75) is 31.8 Å². The van der Waals surface area contributed by atoms with E-state index in [2.05, 4.69) is 31.9 Å². The van der Waals surface area contributed by atoms with Gasteiger partial charge in [0.1, 0.15) is 0 Å². The molecule has 4 aliphatic rings. The minimum Gasteiger partial charge on any atom is -0.503 e. The summed E-state index contributed by atoms with van der Waals surface area (Å²) < 4.78 is 6.39. The molecular formula is C35H30Br2N2O6. The van der Waals surface area contributed by atoms with Crippen molar-refractivity contribution in [2.24, 2.45) is 29.6 Å². The Balaban J connectivity index is 1.33. The SMILES string of the molecule is COc1cc([C@H]2C3=CC[C@@H]4C(=O)N(Cc5ccccc5)C(=O)[C@@H]4[C@@H]3C[C@H]3C(=O)N(Cc4ccccc4)C(=O)[C@@H]23)c(Br)c(Br)c1O. The molecule has 7 rings (SSSR count). The van der Waals surface area contributed by atoms with Crippen LogP contribution in [0.4, 0.5) is 0 Å². The lowest BCUT2D eigenvalue weighted by Crippen LogP contribution is -2.43. The molecule has 8 nitrogen and oxygen atoms in total. The van der Waals surface area contributed by atoms with E-state index >= 15 is 0 Å². The normalized spacial score (nSPS) is 27.3. The Labute approximate surface area is 277 Å². The molecular weight excluding hydrogens is 704 g/mol. The Morgan fingerprint density at radius 2 is 1.31 bits per heavy atom. The molecule has 0 bridgehead atoms. The number of carbonyl (C=O) groups is 4. The predicted molar refractivity (Wildman–Crippen MR) is 172 cm³/mol. The maximum absolute atomic E-state index is 14.3. The number of carbonyl (C=O) groups excluding carboxylic acids is 4. The first-order valence-electron chi connectivity index (χ1n) is 14.9. The molecule has 2 saturated heterocycles. The number of phenolic OH excluding ortho intramolecular Hbond substituents is 1. The summed E-state index contributed by atoms with van der Waals surface area (Å²) in [5.74, 6) is -4.39. The highest BCUT2D eigenvalue weighted by atomic mass is 79.9. The summed E-state index contributed by atoms with van der Waals surface area (Å²) in [6, 6.07) is 20.5. The van der Waals surface area contributed by atoms with Crippen molar-refractivity contribution in [3.63, 3.8) is 0 Å². The molecule has 3 fully saturated rings. The molecule has 0 aromatic heterocycles. The number of methoxy groups -OCH3 is 1. The number of hydrogen-bond acceptors (Lipinski definition) is 6. The molecule has 2 aliphatic carbocycles. The smallest absolute Gasteiger partial charge is 0.234 e. The van der Waals surface area contributed by atoms with E-state index in [-0.39, 0.29) is 48.2 Å². The van der Waals surface area contributed by atoms with Crippen LogP contribution in [0.25, 0.3) is 0 Å². The number of aromatic hydroxyl groups is 1. The Hall–Kier alpha value is -3.76. The molecule has 1 saturated carbocycles. The first kappa shape index (κ1) is 29.9. The van der Waals surface area contributed by atoms with E-state index in [4.69, 9.17) is 4.74 Å². The number of rotatable bonds is 6. The second kappa shape index (κ2) is 11.6. The maximum Gasteiger partial charge on any atom is 0.234 e. The number of amides is 4. The number of fused-ring (bicyclic) bond motifs is 4. The van der Waals surface area contributed by atoms with Gasteiger partial charge >= 0.3 is 0 Å². The number of phenols is 1. The number of imide groups is 2. The van der Waals surface area contributed by atoms with E-state index in [0.717, 1.165) is 16.7 Å². The fraction of sp³-hybridized carbons (Fsp3) is 0.314. The first-order valence-corrected chi connectivity index (χ1v) is 16.5. The second-order valence-electron chi connectivity index (χ2n) is 12.2. The summed E-state index contributed by atoms with van der Waals surface area (Å²) in [4.78, 5) is 58.9. The standard InChI is InChI=1S/C35H30Br2N2O6/c1-45-25-15-23(29(36)30(37)31(25)40)26-20-12-13-21-27(34(43)38(32(21)41)16-18-8-4-2-5-9-18)22(20)14-24-28(26)35(44)39(33(24)42)17-19-10-6-3-7-11-19/h2-12,15,21-22,24,26-28,40H,13-14,16-17H2,1H3/t21-,22+,24+,26+,27-,28+/m0/s1. The van der Waals surface area contributed by atoms with E-state index in [1.54, 1.807) is 6.07 Å². The number of hydrogen-bond donors (Lipinski definition) is 1. The lowest BCUT2D eigenvalue weighted by molar-refractivity contribution is -0.142. The number of allylic oxidation sites excluding steroid dienone is 2. The molecule has 4 amide bonds. The van der Waals surface area contributed by atoms with E-state index in [1.165, 1.54) is 16.9 Å². The van der Waals surface area contributed by atoms with Crippen molar-refractivity contribution in [3.05, 3.63) is 104 Å². The summed E-state index contributed by atoms with van der Waals surface area (Å²) >= 11 is 7.11. The Morgan fingerprint density at radius 1 is 0.756 bits per heavy atom. The zero-order valence-corrected chi connectivity index (χ0v) is 27.5. The number of nitrogens with zero attached hydrogens (tertiary/aromatic N) is 2. The van der Waals surface area contributed by atoms with Gasteiger partial charge in [-0.2, -0.15) is 0 Å². The lowest BCUT2D eigenvalue weighted by atomic mass is 9.57. The highest BCUT2D eigenvalue weighted by molar-refractivity contribution is 9.13. The Morgan fingerprint density at radius 3 is 1.89 bits per heavy atom. The summed E-state index contributed by atoms with van der Waals surface area (Å²) in [6.45, 7) is 0.346. The van der Waals surface area contributed by atoms with E-state index in [0.29, 0.717) is 27.4 Å². The zero-order chi connectivity index (χ0) is 31.6. The zero-order valence-electron chi connectivity index (χ0n) is 24.4. The first-order chi connectivity index (χ1) is 21.7. The van der Waals surface area contributed by atoms with Crippen LogP contribution in [0.3, 0.4) is 0 Å². The van der Waals surface area contributed by atoms with Crippen molar-refractivity contribution in [1.82, 2.24) is 9.80 Å². The predicted octanol–water partition coefficient (Wildman–Crippen LogP) is 5.96. The van der Waals surface area contributed by atoms with Crippen LogP contribution >= 0.6 is 31.9 Å². The van der Waals surface area contributed by atoms with E-state index in [9.17, 15) is 24.3 Å². The summed E-state index contributed by atoms with van der Waals surface area (Å²) in [5, 5.41) is 10.7. The monoisotopic (exact) mass is 732 g/mol. The third-order valence-electron chi connectivity index (χ3n) is 9.93. The van der Waals surface area contributed by atoms with Crippen LogP contribution in [-0.2, 0) is 32.3 Å². The van der Waals surface area contributed by atoms with E-state index < -0.39 is 35.5 Å². The fourth-order valence-corrected chi connectivity index (χ4v) is 8.88. The van der Waals surface area contributed by atoms with Crippen LogP contribution in [-0.4, -0.2) is 45.6 Å². The van der Waals surface area contributed by atoms with Crippen LogP contribution in [0.2, 0.25) is 0 Å². The second-order valence-corrected chi connectivity index (χ2v) is 13.8. The molecule has 6 atom stereocenters. The molecule has 1 N–H and O–H groups in total. The van der Waals surface area contributed by atoms with Crippen LogP contribution < -0.4 is 4.74 Å². The summed E-state index contributed by atoms with van der Waals surface area (Å²) in [5.41, 5.74) is 3.25. The minimum absolute atomic E-state index is 0.0950. The number of benzene rings is 3. The third kappa shape index (κ3) is 4.76. The molecule has 2 heterocycles. The van der Waals surface area contributed by atoms with Crippen LogP contribution in [0.15, 0.2) is 87.3 Å². The molecule has 3 aromatic rings. The van der Waals surface area contributed by atoms with Gasteiger partial charge < -0.3 is 9.84 Å². The van der Waals surface area contributed by atoms with Gasteiger partial charge in [0, 0.05) is 10.4 Å². The topological polar surface area (TPSA) is 104 Å². The molecule has 2 aliphatic heterocycles. The number of likely N-dealkylation sites (tertiary alicyclic amines) is 2. The summed E-state index contributed by atoms with van der Waals surface area (Å²) in [7, 11) is 1.45. The van der Waals surface area contributed by atoms with Crippen LogP contribution in [0.1, 0.15) is 35.4 Å². The van der Waals surface area contributed by atoms with Crippen molar-refractivity contribution in [1.29, 1.82) is 0 Å². The third-order valence-corrected chi connectivity index (χ3v) is 12.1. The molecule has 0 unspecified atom stereocenters. The van der Waals surface area contributed by atoms with Gasteiger partial charge in [0.05, 0.1) is 48.3 Å². The van der Waals surface area contributed by atoms with Gasteiger partial charge in [-0.05, 0) is 73.4 Å². The van der Waals surface area contributed by atoms with Crippen molar-refractivity contribution in [2.75, 3.05) is 7.11 Å². The van der Waals surface area contributed by atoms with Gasteiger partial charge in [0.25, 0.3) is 0 Å². The highest BCUT2D eigenvalue weighted by Crippen LogP contribution is 2.60. The number of ether oxygens (including phenoxy) is 1. The average Bonchev–Trinajstić information content (AvgIpc) is 3.44. The largest absolute Gasteiger partial charge is 0.503 e. The van der Waals surface area contributed by atoms with Gasteiger partial charge in [0.15, 0.2) is 11.5 Å². The minimum atomic E-state index is -0.717. The van der Waals surface area contributed by atoms with Gasteiger partial charge in [-0.3, -0.25) is 29.0 Å². The maximum atomic E-state index is 14.3. The quantitative estimate of drug-likeness (QED) is 0.248. The van der Waals surface area contributed by atoms with Gasteiger partial charge in [-0.15, -0.1) is 0 Å². The molecule has 3 aromatic carbocycles. The molecule has 0 spiro atoms. The molecule has 10 heteroatoms. The van der Waals surface area contributed by atoms with Crippen molar-refractivity contribution >= 4 is 55.5 Å². The van der Waals surface area contributed by atoms with Crippen LogP contribution in [0, 0.1) is 29.6 Å². The van der Waals surface area contributed by atoms with Gasteiger partial charge in [-0.1, -0.05) is 72.3 Å². The van der Waals surface area contributed by atoms with E-state index in [1.807, 2.05) is 66.7 Å². The average molecular weight is 734 g/mol. The fourth-order valence-electron chi connectivity index (χ4n) is 7.90. The summed E-state index contributed by atoms with van der Waals surface area (Å²) in [6.07, 6.45) is 2.68. The van der Waals surface area contributed by atoms with Crippen LogP contribution in [0.5, 0.6) is 11.5 Å². The highest BCUT2D eigenvalue weighted by Gasteiger charge is 2.62. The van der Waals surface area contributed by atoms with Gasteiger partial charge in [0.2, 0.25) is 23.6 Å². The lowest BCUT2D eigenvalue weighted by Gasteiger charge is -2.44. The Bertz CT molecular complexity index is 1760. The molecule has 45 heavy (non-hydrogen) atoms. The Kier molecular flexibility index (Phi) is 7.68. The van der Waals surface area contributed by atoms with Gasteiger partial charge in [-0.25, -0.2) is 0 Å². The van der Waals surface area contributed by atoms with Crippen molar-refractivity contribution < 1.29 is 29.0 Å². The molecule has 230 valence electrons.